The van der Waals surface area contributed by atoms with Crippen LogP contribution in [0.15, 0.2) is 47.6 Å². The number of carbonyl (C=O) groups excluding carboxylic acids is 2. The molecule has 0 saturated heterocycles. The van der Waals surface area contributed by atoms with Gasteiger partial charge in [0.2, 0.25) is 0 Å². The molecule has 0 aliphatic carbocycles. The van der Waals surface area contributed by atoms with Crippen LogP contribution < -0.4 is 20.6 Å². The number of carbonyl (C=O) groups is 2. The third-order valence-corrected chi connectivity index (χ3v) is 2.86. The summed E-state index contributed by atoms with van der Waals surface area (Å²) in [4.78, 5) is 22.6. The van der Waals surface area contributed by atoms with Crippen molar-refractivity contribution < 1.29 is 23.5 Å². The van der Waals surface area contributed by atoms with Gasteiger partial charge in [-0.2, -0.15) is 5.10 Å². The molecule has 24 heavy (non-hydrogen) atoms. The van der Waals surface area contributed by atoms with Crippen molar-refractivity contribution >= 4 is 18.2 Å². The van der Waals surface area contributed by atoms with Crippen molar-refractivity contribution in [2.75, 3.05) is 7.11 Å². The molecule has 0 spiro atoms. The monoisotopic (exact) mass is 331 g/mol. The molecule has 2 rings (SSSR count). The molecule has 7 nitrogen and oxygen atoms in total. The maximum Gasteiger partial charge on any atom is 0.343 e. The van der Waals surface area contributed by atoms with Crippen LogP contribution in [0.2, 0.25) is 0 Å². The SMILES string of the molecule is COc1cc(C=NNC(N)=O)ccc1OC(=O)c1ccc(F)cc1. The van der Waals surface area contributed by atoms with Gasteiger partial charge >= 0.3 is 12.0 Å². The highest BCUT2D eigenvalue weighted by atomic mass is 19.1. The summed E-state index contributed by atoms with van der Waals surface area (Å²) in [6, 6.07) is 8.84. The molecule has 0 aliphatic heterocycles. The van der Waals surface area contributed by atoms with E-state index < -0.39 is 17.8 Å². The van der Waals surface area contributed by atoms with E-state index in [0.29, 0.717) is 5.56 Å². The van der Waals surface area contributed by atoms with Crippen molar-refractivity contribution in [3.63, 3.8) is 0 Å². The van der Waals surface area contributed by atoms with Gasteiger partial charge in [-0.15, -0.1) is 0 Å². The molecule has 0 aliphatic rings. The maximum absolute atomic E-state index is 12.9. The first-order valence-electron chi connectivity index (χ1n) is 6.74. The van der Waals surface area contributed by atoms with E-state index in [2.05, 4.69) is 10.5 Å². The first-order valence-corrected chi connectivity index (χ1v) is 6.74. The van der Waals surface area contributed by atoms with Crippen molar-refractivity contribution in [1.82, 2.24) is 5.43 Å². The van der Waals surface area contributed by atoms with E-state index in [-0.39, 0.29) is 17.1 Å². The summed E-state index contributed by atoms with van der Waals surface area (Å²) in [7, 11) is 1.41. The van der Waals surface area contributed by atoms with E-state index >= 15 is 0 Å². The lowest BCUT2D eigenvalue weighted by atomic mass is 10.2. The van der Waals surface area contributed by atoms with E-state index in [1.54, 1.807) is 12.1 Å². The number of hydrazone groups is 1. The molecule has 2 aromatic rings. The summed E-state index contributed by atoms with van der Waals surface area (Å²) >= 11 is 0. The largest absolute Gasteiger partial charge is 0.493 e. The van der Waals surface area contributed by atoms with Gasteiger partial charge in [0.15, 0.2) is 11.5 Å². The molecule has 0 fully saturated rings. The third kappa shape index (κ3) is 4.54. The van der Waals surface area contributed by atoms with Gasteiger partial charge in [0.05, 0.1) is 18.9 Å². The minimum atomic E-state index is -0.789. The topological polar surface area (TPSA) is 103 Å². The fourth-order valence-corrected chi connectivity index (χ4v) is 1.76. The lowest BCUT2D eigenvalue weighted by Crippen LogP contribution is -2.24. The number of primary amides is 1. The predicted molar refractivity (Wildman–Crippen MR) is 84.7 cm³/mol. The van der Waals surface area contributed by atoms with Gasteiger partial charge in [0.1, 0.15) is 5.82 Å². The van der Waals surface area contributed by atoms with E-state index in [1.807, 2.05) is 0 Å². The van der Waals surface area contributed by atoms with Crippen LogP contribution in [0.4, 0.5) is 9.18 Å². The molecule has 0 aromatic heterocycles. The van der Waals surface area contributed by atoms with Crippen LogP contribution in [0.5, 0.6) is 11.5 Å². The predicted octanol–water partition coefficient (Wildman–Crippen LogP) is 2.06. The number of hydrogen-bond acceptors (Lipinski definition) is 5. The Bertz CT molecular complexity index is 775. The van der Waals surface area contributed by atoms with Crippen LogP contribution in [0.3, 0.4) is 0 Å². The Morgan fingerprint density at radius 3 is 2.50 bits per heavy atom. The third-order valence-electron chi connectivity index (χ3n) is 2.86. The van der Waals surface area contributed by atoms with Gasteiger partial charge in [0.25, 0.3) is 0 Å². The summed E-state index contributed by atoms with van der Waals surface area (Å²) in [6.45, 7) is 0. The highest BCUT2D eigenvalue weighted by Gasteiger charge is 2.12. The van der Waals surface area contributed by atoms with Crippen LogP contribution in [-0.2, 0) is 0 Å². The van der Waals surface area contributed by atoms with Crippen LogP contribution in [0.25, 0.3) is 0 Å². The van der Waals surface area contributed by atoms with Crippen molar-refractivity contribution in [1.29, 1.82) is 0 Å². The quantitative estimate of drug-likeness (QED) is 0.379. The molecule has 0 unspecified atom stereocenters. The molecule has 2 aromatic carbocycles. The Labute approximate surface area is 136 Å². The molecule has 0 bridgehead atoms. The molecule has 3 N–H and O–H groups in total. The number of halogens is 1. The minimum absolute atomic E-state index is 0.187. The Kier molecular flexibility index (Phi) is 5.45. The van der Waals surface area contributed by atoms with Gasteiger partial charge in [-0.1, -0.05) is 0 Å². The number of hydrogen-bond donors (Lipinski definition) is 2. The summed E-state index contributed by atoms with van der Waals surface area (Å²) in [5.74, 6) is -0.622. The minimum Gasteiger partial charge on any atom is -0.493 e. The zero-order valence-corrected chi connectivity index (χ0v) is 12.7. The Hall–Kier alpha value is -3.42. The second kappa shape index (κ2) is 7.73. The number of ether oxygens (including phenoxy) is 2. The molecule has 0 saturated carbocycles. The molecule has 0 atom stereocenters. The maximum atomic E-state index is 12.9. The van der Waals surface area contributed by atoms with E-state index in [1.165, 1.54) is 43.7 Å². The number of benzene rings is 2. The van der Waals surface area contributed by atoms with E-state index in [4.69, 9.17) is 15.2 Å². The lowest BCUT2D eigenvalue weighted by molar-refractivity contribution is 0.0729. The summed E-state index contributed by atoms with van der Waals surface area (Å²) in [5.41, 5.74) is 7.73. The second-order valence-corrected chi connectivity index (χ2v) is 4.54. The zero-order valence-electron chi connectivity index (χ0n) is 12.7. The smallest absolute Gasteiger partial charge is 0.343 e. The molecule has 2 amide bonds. The molecule has 0 heterocycles. The van der Waals surface area contributed by atoms with E-state index in [0.717, 1.165) is 0 Å². The molecular weight excluding hydrogens is 317 g/mol. The van der Waals surface area contributed by atoms with Gasteiger partial charge in [-0.3, -0.25) is 0 Å². The second-order valence-electron chi connectivity index (χ2n) is 4.54. The van der Waals surface area contributed by atoms with Crippen molar-refractivity contribution in [3.05, 3.63) is 59.4 Å². The molecular formula is C16H14FN3O4. The number of rotatable bonds is 5. The number of nitrogens with zero attached hydrogens (tertiary/aromatic N) is 1. The Balaban J connectivity index is 2.15. The zero-order chi connectivity index (χ0) is 17.5. The van der Waals surface area contributed by atoms with Crippen LogP contribution >= 0.6 is 0 Å². The molecule has 124 valence electrons. The standard InChI is InChI=1S/C16H14FN3O4/c1-23-14-8-10(9-19-20-16(18)22)2-7-13(14)24-15(21)11-3-5-12(17)6-4-11/h2-9H,1H3,(H3,18,20,22). The average molecular weight is 331 g/mol. The van der Waals surface area contributed by atoms with Gasteiger partial charge in [-0.25, -0.2) is 19.4 Å². The number of methoxy groups -OCH3 is 1. The normalized spacial score (nSPS) is 10.4. The lowest BCUT2D eigenvalue weighted by Gasteiger charge is -2.10. The van der Waals surface area contributed by atoms with E-state index in [9.17, 15) is 14.0 Å². The number of urea groups is 1. The molecule has 8 heteroatoms. The van der Waals surface area contributed by atoms with Gasteiger partial charge in [0, 0.05) is 0 Å². The van der Waals surface area contributed by atoms with Crippen molar-refractivity contribution in [2.45, 2.75) is 0 Å². The van der Waals surface area contributed by atoms with Crippen LogP contribution in [-0.4, -0.2) is 25.3 Å². The summed E-state index contributed by atoms with van der Waals surface area (Å²) < 4.78 is 23.3. The van der Waals surface area contributed by atoms with Gasteiger partial charge in [-0.05, 0) is 48.0 Å². The number of amides is 2. The van der Waals surface area contributed by atoms with Crippen molar-refractivity contribution in [3.8, 4) is 11.5 Å². The highest BCUT2D eigenvalue weighted by molar-refractivity contribution is 5.91. The summed E-state index contributed by atoms with van der Waals surface area (Å²) in [5, 5.41) is 3.61. The van der Waals surface area contributed by atoms with Gasteiger partial charge < -0.3 is 15.2 Å². The summed E-state index contributed by atoms with van der Waals surface area (Å²) in [6.07, 6.45) is 1.35. The fourth-order valence-electron chi connectivity index (χ4n) is 1.76. The first-order chi connectivity index (χ1) is 11.5. The Morgan fingerprint density at radius 1 is 1.17 bits per heavy atom. The number of nitrogens with two attached hydrogens (primary N) is 1. The van der Waals surface area contributed by atoms with Crippen LogP contribution in [0, 0.1) is 5.82 Å². The van der Waals surface area contributed by atoms with Crippen LogP contribution in [0.1, 0.15) is 15.9 Å². The molecule has 0 radical (unpaired) electrons. The fraction of sp³-hybridized carbons (Fsp3) is 0.0625. The number of nitrogens with one attached hydrogen (secondary N) is 1. The first kappa shape index (κ1) is 16.9. The average Bonchev–Trinajstić information content (AvgIpc) is 2.56. The van der Waals surface area contributed by atoms with Crippen molar-refractivity contribution in [2.24, 2.45) is 10.8 Å². The number of esters is 1. The highest BCUT2D eigenvalue weighted by Crippen LogP contribution is 2.28. The Morgan fingerprint density at radius 2 is 1.88 bits per heavy atom.